The smallest absolute Gasteiger partial charge is 0.191 e. The van der Waals surface area contributed by atoms with Crippen molar-refractivity contribution in [3.63, 3.8) is 0 Å². The second kappa shape index (κ2) is 12.6. The van der Waals surface area contributed by atoms with Crippen molar-refractivity contribution < 1.29 is 4.74 Å². The number of aliphatic imine (C=N–C) groups is 1. The van der Waals surface area contributed by atoms with Gasteiger partial charge in [-0.25, -0.2) is 0 Å². The highest BCUT2D eigenvalue weighted by molar-refractivity contribution is 14.0. The van der Waals surface area contributed by atoms with Crippen molar-refractivity contribution in [1.29, 1.82) is 0 Å². The average molecular weight is 485 g/mol. The lowest BCUT2D eigenvalue weighted by atomic mass is 10.1. The van der Waals surface area contributed by atoms with Gasteiger partial charge >= 0.3 is 0 Å². The molecule has 150 valence electrons. The van der Waals surface area contributed by atoms with E-state index in [2.05, 4.69) is 34.6 Å². The van der Waals surface area contributed by atoms with Crippen molar-refractivity contribution in [3.05, 3.63) is 47.3 Å². The Morgan fingerprint density at radius 3 is 2.52 bits per heavy atom. The number of para-hydroxylation sites is 1. The van der Waals surface area contributed by atoms with Crippen LogP contribution in [0.3, 0.4) is 0 Å². The molecule has 1 aromatic carbocycles. The molecule has 0 aliphatic carbocycles. The number of benzene rings is 1. The van der Waals surface area contributed by atoms with E-state index < -0.39 is 0 Å². The van der Waals surface area contributed by atoms with E-state index in [9.17, 15) is 0 Å². The van der Waals surface area contributed by atoms with Crippen LogP contribution in [0.4, 0.5) is 0 Å². The quantitative estimate of drug-likeness (QED) is 0.248. The molecule has 7 heteroatoms. The number of ether oxygens (including phenoxy) is 1. The topological polar surface area (TPSA) is 63.5 Å². The number of halogens is 1. The summed E-state index contributed by atoms with van der Waals surface area (Å²) < 4.78 is 7.70. The lowest BCUT2D eigenvalue weighted by molar-refractivity contribution is 0.311. The van der Waals surface area contributed by atoms with Crippen LogP contribution in [0.15, 0.2) is 35.3 Å². The highest BCUT2D eigenvalue weighted by Crippen LogP contribution is 2.15. The molecule has 1 heterocycles. The van der Waals surface area contributed by atoms with Crippen LogP contribution in [-0.4, -0.2) is 35.9 Å². The molecule has 0 unspecified atom stereocenters. The van der Waals surface area contributed by atoms with Gasteiger partial charge in [0, 0.05) is 38.4 Å². The summed E-state index contributed by atoms with van der Waals surface area (Å²) in [7, 11) is 3.81. The Labute approximate surface area is 179 Å². The molecule has 0 spiro atoms. The fourth-order valence-corrected chi connectivity index (χ4v) is 2.97. The summed E-state index contributed by atoms with van der Waals surface area (Å²) in [5, 5.41) is 11.4. The molecule has 2 N–H and O–H groups in total. The zero-order valence-electron chi connectivity index (χ0n) is 16.8. The number of rotatable bonds is 9. The molecule has 0 amide bonds. The van der Waals surface area contributed by atoms with Crippen LogP contribution >= 0.6 is 24.0 Å². The van der Waals surface area contributed by atoms with E-state index in [-0.39, 0.29) is 24.0 Å². The summed E-state index contributed by atoms with van der Waals surface area (Å²) in [6, 6.07) is 9.89. The molecule has 0 atom stereocenters. The number of aryl methyl sites for hydroxylation is 2. The third kappa shape index (κ3) is 7.04. The Bertz CT molecular complexity index is 700. The van der Waals surface area contributed by atoms with Crippen LogP contribution in [0, 0.1) is 0 Å². The molecule has 27 heavy (non-hydrogen) atoms. The van der Waals surface area contributed by atoms with Gasteiger partial charge in [-0.15, -0.1) is 24.0 Å². The maximum Gasteiger partial charge on any atom is 0.191 e. The number of nitrogens with one attached hydrogen (secondary N) is 2. The summed E-state index contributed by atoms with van der Waals surface area (Å²) in [5.41, 5.74) is 3.72. The molecule has 0 fully saturated rings. The van der Waals surface area contributed by atoms with Gasteiger partial charge in [0.25, 0.3) is 0 Å². The summed E-state index contributed by atoms with van der Waals surface area (Å²) >= 11 is 0. The third-order valence-electron chi connectivity index (χ3n) is 4.31. The number of hydrogen-bond donors (Lipinski definition) is 2. The van der Waals surface area contributed by atoms with E-state index in [0.717, 1.165) is 49.8 Å². The van der Waals surface area contributed by atoms with Gasteiger partial charge in [-0.3, -0.25) is 9.67 Å². The van der Waals surface area contributed by atoms with E-state index in [1.54, 1.807) is 7.05 Å². The first-order chi connectivity index (χ1) is 12.7. The van der Waals surface area contributed by atoms with E-state index in [1.165, 1.54) is 11.3 Å². The van der Waals surface area contributed by atoms with Crippen molar-refractivity contribution in [2.24, 2.45) is 12.0 Å². The Balaban J connectivity index is 0.00000364. The van der Waals surface area contributed by atoms with Gasteiger partial charge in [-0.05, 0) is 31.4 Å². The maximum atomic E-state index is 5.70. The van der Waals surface area contributed by atoms with Crippen LogP contribution in [0.2, 0.25) is 0 Å². The van der Waals surface area contributed by atoms with E-state index in [1.807, 2.05) is 42.1 Å². The van der Waals surface area contributed by atoms with Gasteiger partial charge in [0.1, 0.15) is 5.75 Å². The second-order valence-electron chi connectivity index (χ2n) is 6.07. The Hall–Kier alpha value is -1.77. The lowest BCUT2D eigenvalue weighted by Gasteiger charge is -2.13. The summed E-state index contributed by atoms with van der Waals surface area (Å²) in [6.07, 6.45) is 2.82. The molecule has 0 bridgehead atoms. The fourth-order valence-electron chi connectivity index (χ4n) is 2.97. The van der Waals surface area contributed by atoms with Crippen molar-refractivity contribution >= 4 is 29.9 Å². The number of hydrogen-bond acceptors (Lipinski definition) is 3. The normalized spacial score (nSPS) is 11.0. The zero-order valence-corrected chi connectivity index (χ0v) is 19.1. The van der Waals surface area contributed by atoms with Gasteiger partial charge in [0.15, 0.2) is 5.96 Å². The fraction of sp³-hybridized carbons (Fsp3) is 0.500. The summed E-state index contributed by atoms with van der Waals surface area (Å²) in [4.78, 5) is 4.30. The first kappa shape index (κ1) is 23.3. The van der Waals surface area contributed by atoms with Crippen LogP contribution in [0.5, 0.6) is 5.75 Å². The number of guanidine groups is 1. The van der Waals surface area contributed by atoms with Gasteiger partial charge in [-0.1, -0.05) is 32.0 Å². The molecule has 6 nitrogen and oxygen atoms in total. The number of nitrogens with zero attached hydrogens (tertiary/aromatic N) is 3. The minimum atomic E-state index is 0. The van der Waals surface area contributed by atoms with Gasteiger partial charge in [0.05, 0.1) is 12.3 Å². The van der Waals surface area contributed by atoms with Crippen LogP contribution < -0.4 is 15.4 Å². The monoisotopic (exact) mass is 485 g/mol. The van der Waals surface area contributed by atoms with Gasteiger partial charge in [0.2, 0.25) is 0 Å². The Kier molecular flexibility index (Phi) is 10.8. The van der Waals surface area contributed by atoms with Gasteiger partial charge < -0.3 is 15.4 Å². The number of aromatic nitrogens is 2. The molecule has 0 aliphatic rings. The molecule has 0 saturated carbocycles. The summed E-state index contributed by atoms with van der Waals surface area (Å²) in [5.74, 6) is 1.71. The molecule has 1 aromatic heterocycles. The van der Waals surface area contributed by atoms with E-state index >= 15 is 0 Å². The lowest BCUT2D eigenvalue weighted by Crippen LogP contribution is -2.38. The van der Waals surface area contributed by atoms with Gasteiger partial charge in [-0.2, -0.15) is 5.10 Å². The largest absolute Gasteiger partial charge is 0.494 e. The maximum absolute atomic E-state index is 5.70. The van der Waals surface area contributed by atoms with Crippen LogP contribution in [-0.2, 0) is 26.4 Å². The minimum absolute atomic E-state index is 0. The zero-order chi connectivity index (χ0) is 18.8. The SMILES string of the molecule is CCc1nn(C)c(CC)c1CNC(=NC)NCCCOc1ccccc1.I. The van der Waals surface area contributed by atoms with Crippen molar-refractivity contribution in [2.75, 3.05) is 20.2 Å². The molecular weight excluding hydrogens is 453 g/mol. The Morgan fingerprint density at radius 2 is 1.89 bits per heavy atom. The van der Waals surface area contributed by atoms with Crippen molar-refractivity contribution in [3.8, 4) is 5.75 Å². The Morgan fingerprint density at radius 1 is 1.15 bits per heavy atom. The van der Waals surface area contributed by atoms with E-state index in [4.69, 9.17) is 4.74 Å². The first-order valence-corrected chi connectivity index (χ1v) is 9.35. The highest BCUT2D eigenvalue weighted by atomic mass is 127. The standard InChI is InChI=1S/C20H31N5O.HI/c1-5-18-17(19(6-2)25(4)24-18)15-23-20(21-3)22-13-10-14-26-16-11-8-7-9-12-16;/h7-9,11-12H,5-6,10,13-15H2,1-4H3,(H2,21,22,23);1H. The highest BCUT2D eigenvalue weighted by Gasteiger charge is 2.13. The molecular formula is C20H32IN5O. The molecule has 2 rings (SSSR count). The average Bonchev–Trinajstić information content (AvgIpc) is 2.99. The second-order valence-corrected chi connectivity index (χ2v) is 6.07. The molecule has 2 aromatic rings. The first-order valence-electron chi connectivity index (χ1n) is 9.35. The van der Waals surface area contributed by atoms with Crippen molar-refractivity contribution in [1.82, 2.24) is 20.4 Å². The molecule has 0 radical (unpaired) electrons. The molecule has 0 aliphatic heterocycles. The summed E-state index contributed by atoms with van der Waals surface area (Å²) in [6.45, 7) is 6.53. The van der Waals surface area contributed by atoms with Crippen LogP contribution in [0.1, 0.15) is 37.2 Å². The predicted octanol–water partition coefficient (Wildman–Crippen LogP) is 3.30. The van der Waals surface area contributed by atoms with E-state index in [0.29, 0.717) is 6.61 Å². The van der Waals surface area contributed by atoms with Crippen LogP contribution in [0.25, 0.3) is 0 Å². The predicted molar refractivity (Wildman–Crippen MR) is 122 cm³/mol. The van der Waals surface area contributed by atoms with Crippen molar-refractivity contribution in [2.45, 2.75) is 39.7 Å². The third-order valence-corrected chi connectivity index (χ3v) is 4.31. The minimum Gasteiger partial charge on any atom is -0.494 e. The molecule has 0 saturated heterocycles.